The Kier molecular flexibility index (Phi) is 2.22. The summed E-state index contributed by atoms with van der Waals surface area (Å²) in [5.41, 5.74) is 2.11. The molecule has 0 bridgehead atoms. The number of aliphatic imine (C=N–C) groups is 1. The Morgan fingerprint density at radius 3 is 3.08 bits per heavy atom. The molecule has 13 heavy (non-hydrogen) atoms. The molecule has 0 saturated carbocycles. The molecule has 0 unspecified atom stereocenters. The van der Waals surface area contributed by atoms with Gasteiger partial charge in [0.1, 0.15) is 0 Å². The first kappa shape index (κ1) is 8.56. The van der Waals surface area contributed by atoms with Crippen molar-refractivity contribution in [2.24, 2.45) is 4.99 Å². The first-order valence-corrected chi connectivity index (χ1v) is 5.04. The maximum atomic E-state index is 4.36. The number of fused-ring (bicyclic) bond motifs is 1. The number of nitrogens with zero attached hydrogens (tertiary/aromatic N) is 2. The normalized spacial score (nSPS) is 14.1. The minimum Gasteiger partial charge on any atom is -0.316 e. The minimum absolute atomic E-state index is 0.459. The molecule has 1 N–H and O–H groups in total. The van der Waals surface area contributed by atoms with Gasteiger partial charge >= 0.3 is 0 Å². The Balaban J connectivity index is 2.43. The van der Waals surface area contributed by atoms with E-state index in [2.05, 4.69) is 28.5 Å². The molecular formula is C9H11N3S. The lowest BCUT2D eigenvalue weighted by Gasteiger charge is -2.11. The van der Waals surface area contributed by atoms with Gasteiger partial charge < -0.3 is 4.72 Å². The van der Waals surface area contributed by atoms with E-state index in [-0.39, 0.29) is 0 Å². The van der Waals surface area contributed by atoms with E-state index in [1.807, 2.05) is 12.3 Å². The maximum absolute atomic E-state index is 4.36. The molecule has 0 aliphatic carbocycles. The summed E-state index contributed by atoms with van der Waals surface area (Å²) in [5, 5.41) is 0. The second-order valence-corrected chi connectivity index (χ2v) is 4.09. The molecule has 0 amide bonds. The number of hydrogen-bond acceptors (Lipinski definition) is 4. The Morgan fingerprint density at radius 2 is 2.31 bits per heavy atom. The molecule has 0 aromatic carbocycles. The van der Waals surface area contributed by atoms with Crippen molar-refractivity contribution >= 4 is 24.0 Å². The van der Waals surface area contributed by atoms with Gasteiger partial charge in [-0.3, -0.25) is 4.98 Å². The van der Waals surface area contributed by atoms with Gasteiger partial charge in [0.05, 0.1) is 16.9 Å². The van der Waals surface area contributed by atoms with E-state index in [1.54, 1.807) is 18.3 Å². The first-order valence-electron chi connectivity index (χ1n) is 4.22. The van der Waals surface area contributed by atoms with Crippen LogP contribution in [0.4, 0.5) is 5.69 Å². The van der Waals surface area contributed by atoms with Crippen LogP contribution in [0.15, 0.2) is 22.2 Å². The van der Waals surface area contributed by atoms with Crippen LogP contribution in [0.2, 0.25) is 0 Å². The molecule has 1 aromatic rings. The summed E-state index contributed by atoms with van der Waals surface area (Å²) in [4.78, 5) is 9.69. The monoisotopic (exact) mass is 193 g/mol. The van der Waals surface area contributed by atoms with Gasteiger partial charge in [0.2, 0.25) is 0 Å². The molecule has 0 atom stereocenters. The van der Waals surface area contributed by atoms with Crippen molar-refractivity contribution in [3.63, 3.8) is 0 Å². The van der Waals surface area contributed by atoms with Gasteiger partial charge in [0.15, 0.2) is 0 Å². The van der Waals surface area contributed by atoms with Crippen LogP contribution in [0.25, 0.3) is 0 Å². The molecular weight excluding hydrogens is 182 g/mol. The second kappa shape index (κ2) is 3.38. The molecule has 1 aliphatic rings. The lowest BCUT2D eigenvalue weighted by molar-refractivity contribution is 0.818. The summed E-state index contributed by atoms with van der Waals surface area (Å²) in [6.07, 6.45) is 3.58. The van der Waals surface area contributed by atoms with Crippen molar-refractivity contribution in [1.82, 2.24) is 9.71 Å². The minimum atomic E-state index is 0.459. The molecule has 4 heteroatoms. The van der Waals surface area contributed by atoms with Gasteiger partial charge in [-0.25, -0.2) is 4.99 Å². The van der Waals surface area contributed by atoms with Crippen molar-refractivity contribution in [2.45, 2.75) is 24.7 Å². The van der Waals surface area contributed by atoms with E-state index in [0.717, 1.165) is 16.3 Å². The third-order valence-electron chi connectivity index (χ3n) is 1.88. The Labute approximate surface area is 81.8 Å². The molecule has 0 fully saturated rings. The number of aromatic nitrogens is 1. The van der Waals surface area contributed by atoms with Gasteiger partial charge in [-0.05, 0) is 23.9 Å². The topological polar surface area (TPSA) is 37.3 Å². The average molecular weight is 193 g/mol. The highest BCUT2D eigenvalue weighted by Crippen LogP contribution is 2.31. The molecule has 0 saturated heterocycles. The van der Waals surface area contributed by atoms with Gasteiger partial charge in [-0.15, -0.1) is 0 Å². The van der Waals surface area contributed by atoms with Crippen molar-refractivity contribution in [1.29, 1.82) is 0 Å². The highest BCUT2D eigenvalue weighted by Gasteiger charge is 2.09. The molecule has 0 radical (unpaired) electrons. The maximum Gasteiger partial charge on any atom is 0.0988 e. The van der Waals surface area contributed by atoms with Crippen LogP contribution in [-0.2, 0) is 0 Å². The fourth-order valence-corrected chi connectivity index (χ4v) is 1.68. The standard InChI is InChI=1S/C9H11N3S/c1-6(2)7-3-8-9(4-10-7)13-12-5-11-8/h3-6H,1-2H3,(H,11,12). The van der Waals surface area contributed by atoms with Gasteiger partial charge in [0, 0.05) is 11.9 Å². The third-order valence-corrected chi connectivity index (χ3v) is 2.64. The predicted molar refractivity (Wildman–Crippen MR) is 55.5 cm³/mol. The zero-order chi connectivity index (χ0) is 9.26. The van der Waals surface area contributed by atoms with Crippen molar-refractivity contribution in [3.8, 4) is 0 Å². The van der Waals surface area contributed by atoms with Crippen LogP contribution in [0, 0.1) is 0 Å². The highest BCUT2D eigenvalue weighted by molar-refractivity contribution is 7.98. The number of rotatable bonds is 1. The number of hydrogen-bond donors (Lipinski definition) is 1. The largest absolute Gasteiger partial charge is 0.316 e. The van der Waals surface area contributed by atoms with E-state index < -0.39 is 0 Å². The Hall–Kier alpha value is -1.03. The fraction of sp³-hybridized carbons (Fsp3) is 0.333. The summed E-state index contributed by atoms with van der Waals surface area (Å²) in [6, 6.07) is 2.05. The van der Waals surface area contributed by atoms with E-state index in [0.29, 0.717) is 5.92 Å². The fourth-order valence-electron chi connectivity index (χ4n) is 1.13. The van der Waals surface area contributed by atoms with E-state index in [1.165, 1.54) is 0 Å². The SMILES string of the molecule is CC(C)c1cc2c(cn1)SNC=N2. The van der Waals surface area contributed by atoms with Crippen LogP contribution in [0.1, 0.15) is 25.5 Å². The zero-order valence-electron chi connectivity index (χ0n) is 7.61. The summed E-state index contributed by atoms with van der Waals surface area (Å²) >= 11 is 1.55. The molecule has 0 spiro atoms. The quantitative estimate of drug-likeness (QED) is 0.696. The second-order valence-electron chi connectivity index (χ2n) is 3.21. The van der Waals surface area contributed by atoms with Gasteiger partial charge in [0.25, 0.3) is 0 Å². The Bertz CT molecular complexity index is 347. The predicted octanol–water partition coefficient (Wildman–Crippen LogP) is 2.48. The summed E-state index contributed by atoms with van der Waals surface area (Å²) in [5.74, 6) is 0.459. The van der Waals surface area contributed by atoms with Crippen molar-refractivity contribution < 1.29 is 0 Å². The summed E-state index contributed by atoms with van der Waals surface area (Å²) < 4.78 is 2.97. The smallest absolute Gasteiger partial charge is 0.0988 e. The molecule has 3 nitrogen and oxygen atoms in total. The average Bonchev–Trinajstić information content (AvgIpc) is 2.17. The Morgan fingerprint density at radius 1 is 1.46 bits per heavy atom. The van der Waals surface area contributed by atoms with E-state index in [9.17, 15) is 0 Å². The number of pyridine rings is 1. The van der Waals surface area contributed by atoms with Crippen LogP contribution in [0.5, 0.6) is 0 Å². The summed E-state index contributed by atoms with van der Waals surface area (Å²) in [7, 11) is 0. The van der Waals surface area contributed by atoms with E-state index in [4.69, 9.17) is 0 Å². The van der Waals surface area contributed by atoms with Crippen LogP contribution in [0.3, 0.4) is 0 Å². The van der Waals surface area contributed by atoms with Gasteiger partial charge in [-0.2, -0.15) is 0 Å². The van der Waals surface area contributed by atoms with Crippen LogP contribution in [-0.4, -0.2) is 11.3 Å². The lowest BCUT2D eigenvalue weighted by atomic mass is 10.1. The molecule has 1 aliphatic heterocycles. The molecule has 2 rings (SSSR count). The lowest BCUT2D eigenvalue weighted by Crippen LogP contribution is -2.04. The van der Waals surface area contributed by atoms with Gasteiger partial charge in [-0.1, -0.05) is 13.8 Å². The first-order chi connectivity index (χ1) is 6.27. The third kappa shape index (κ3) is 1.67. The van der Waals surface area contributed by atoms with Crippen molar-refractivity contribution in [3.05, 3.63) is 18.0 Å². The van der Waals surface area contributed by atoms with Crippen molar-refractivity contribution in [2.75, 3.05) is 0 Å². The molecule has 1 aromatic heterocycles. The zero-order valence-corrected chi connectivity index (χ0v) is 8.43. The molecule has 2 heterocycles. The molecule has 68 valence electrons. The highest BCUT2D eigenvalue weighted by atomic mass is 32.2. The van der Waals surface area contributed by atoms with E-state index >= 15 is 0 Å². The van der Waals surface area contributed by atoms with Crippen LogP contribution >= 0.6 is 11.9 Å². The summed E-state index contributed by atoms with van der Waals surface area (Å²) in [6.45, 7) is 4.26. The number of nitrogens with one attached hydrogen (secondary N) is 1. The van der Waals surface area contributed by atoms with Crippen LogP contribution < -0.4 is 4.72 Å².